The Labute approximate surface area is 161 Å². The third kappa shape index (κ3) is 4.61. The molecule has 0 aromatic heterocycles. The van der Waals surface area contributed by atoms with Crippen molar-refractivity contribution in [3.05, 3.63) is 17.7 Å². The fraction of sp³-hybridized carbons (Fsp3) is 0.619. The van der Waals surface area contributed by atoms with Crippen molar-refractivity contribution < 1.29 is 19.1 Å². The zero-order valence-corrected chi connectivity index (χ0v) is 16.7. The van der Waals surface area contributed by atoms with E-state index in [1.165, 1.54) is 26.2 Å². The number of nitrogens with one attached hydrogen (secondary N) is 2. The predicted molar refractivity (Wildman–Crippen MR) is 104 cm³/mol. The van der Waals surface area contributed by atoms with E-state index in [1.54, 1.807) is 12.1 Å². The van der Waals surface area contributed by atoms with E-state index in [1.807, 2.05) is 0 Å². The van der Waals surface area contributed by atoms with Gasteiger partial charge in [-0.1, -0.05) is 33.6 Å². The summed E-state index contributed by atoms with van der Waals surface area (Å²) in [5.74, 6) is 1.35. The van der Waals surface area contributed by atoms with Crippen LogP contribution in [-0.4, -0.2) is 31.1 Å². The molecule has 3 rings (SSSR count). The summed E-state index contributed by atoms with van der Waals surface area (Å²) in [6, 6.07) is 3.63. The first-order valence-corrected chi connectivity index (χ1v) is 9.73. The van der Waals surface area contributed by atoms with Crippen LogP contribution < -0.4 is 20.1 Å². The molecule has 6 nitrogen and oxygen atoms in total. The van der Waals surface area contributed by atoms with E-state index < -0.39 is 0 Å². The van der Waals surface area contributed by atoms with Crippen LogP contribution in [0.3, 0.4) is 0 Å². The van der Waals surface area contributed by atoms with Gasteiger partial charge < -0.3 is 20.1 Å². The second-order valence-electron chi connectivity index (χ2n) is 8.60. The van der Waals surface area contributed by atoms with Crippen molar-refractivity contribution in [2.24, 2.45) is 11.3 Å². The first-order chi connectivity index (χ1) is 12.8. The van der Waals surface area contributed by atoms with Gasteiger partial charge in [-0.25, -0.2) is 0 Å². The third-order valence-corrected chi connectivity index (χ3v) is 5.57. The smallest absolute Gasteiger partial charge is 0.238 e. The van der Waals surface area contributed by atoms with Crippen LogP contribution in [0, 0.1) is 11.3 Å². The number of ether oxygens (including phenoxy) is 2. The molecule has 0 spiro atoms. The van der Waals surface area contributed by atoms with Gasteiger partial charge in [0.15, 0.2) is 17.3 Å². The number of carbonyl (C=O) groups excluding carboxylic acids is 2. The number of rotatable bonds is 5. The van der Waals surface area contributed by atoms with E-state index in [4.69, 9.17) is 9.47 Å². The SMILES string of the molecule is CC(=O)c1cc2c(cc1NC(=O)CNC1CCCCC1C(C)(C)C)OCO2. The first kappa shape index (κ1) is 19.7. The van der Waals surface area contributed by atoms with E-state index in [0.29, 0.717) is 34.7 Å². The molecular weight excluding hydrogens is 344 g/mol. The normalized spacial score (nSPS) is 21.8. The van der Waals surface area contributed by atoms with E-state index in [-0.39, 0.29) is 30.4 Å². The molecule has 2 aliphatic rings. The first-order valence-electron chi connectivity index (χ1n) is 9.73. The molecular formula is C21H30N2O4. The molecule has 1 heterocycles. The molecule has 1 aliphatic heterocycles. The Kier molecular flexibility index (Phi) is 5.75. The molecule has 27 heavy (non-hydrogen) atoms. The molecule has 0 saturated heterocycles. The second kappa shape index (κ2) is 7.89. The molecule has 1 aromatic rings. The Morgan fingerprint density at radius 3 is 2.44 bits per heavy atom. The number of ketones is 1. The van der Waals surface area contributed by atoms with Crippen molar-refractivity contribution in [2.75, 3.05) is 18.7 Å². The summed E-state index contributed by atoms with van der Waals surface area (Å²) < 4.78 is 10.7. The molecule has 0 radical (unpaired) electrons. The molecule has 1 fully saturated rings. The largest absolute Gasteiger partial charge is 0.454 e. The van der Waals surface area contributed by atoms with E-state index >= 15 is 0 Å². The van der Waals surface area contributed by atoms with Gasteiger partial charge in [0, 0.05) is 17.7 Å². The van der Waals surface area contributed by atoms with E-state index in [2.05, 4.69) is 31.4 Å². The zero-order valence-electron chi connectivity index (χ0n) is 16.7. The van der Waals surface area contributed by atoms with Gasteiger partial charge in [-0.2, -0.15) is 0 Å². The predicted octanol–water partition coefficient (Wildman–Crippen LogP) is 3.75. The Hall–Kier alpha value is -2.08. The number of carbonyl (C=O) groups is 2. The van der Waals surface area contributed by atoms with Crippen LogP contribution in [0.5, 0.6) is 11.5 Å². The van der Waals surface area contributed by atoms with Crippen LogP contribution in [-0.2, 0) is 4.79 Å². The fourth-order valence-electron chi connectivity index (χ4n) is 4.17. The molecule has 6 heteroatoms. The molecule has 1 aromatic carbocycles. The van der Waals surface area contributed by atoms with Gasteiger partial charge in [0.05, 0.1) is 12.2 Å². The maximum atomic E-state index is 12.5. The molecule has 148 valence electrons. The van der Waals surface area contributed by atoms with Gasteiger partial charge in [0.1, 0.15) is 0 Å². The Bertz CT molecular complexity index is 724. The number of hydrogen-bond donors (Lipinski definition) is 2. The number of Topliss-reactive ketones (excluding diaryl/α,β-unsaturated/α-hetero) is 1. The fourth-order valence-corrected chi connectivity index (χ4v) is 4.17. The van der Waals surface area contributed by atoms with Gasteiger partial charge in [-0.3, -0.25) is 9.59 Å². The van der Waals surface area contributed by atoms with Crippen molar-refractivity contribution in [2.45, 2.75) is 59.4 Å². The minimum atomic E-state index is -0.158. The number of hydrogen-bond acceptors (Lipinski definition) is 5. The molecule has 2 N–H and O–H groups in total. The van der Waals surface area contributed by atoms with Crippen LogP contribution in [0.4, 0.5) is 5.69 Å². The van der Waals surface area contributed by atoms with Gasteiger partial charge in [0.2, 0.25) is 12.7 Å². The monoisotopic (exact) mass is 374 g/mol. The van der Waals surface area contributed by atoms with Gasteiger partial charge in [-0.05, 0) is 37.2 Å². The van der Waals surface area contributed by atoms with Crippen molar-refractivity contribution in [3.8, 4) is 11.5 Å². The molecule has 0 bridgehead atoms. The summed E-state index contributed by atoms with van der Waals surface area (Å²) in [7, 11) is 0. The van der Waals surface area contributed by atoms with Crippen LogP contribution in [0.2, 0.25) is 0 Å². The van der Waals surface area contributed by atoms with E-state index in [0.717, 1.165) is 6.42 Å². The van der Waals surface area contributed by atoms with Gasteiger partial charge in [-0.15, -0.1) is 0 Å². The highest BCUT2D eigenvalue weighted by Gasteiger charge is 2.34. The quantitative estimate of drug-likeness (QED) is 0.768. The number of benzene rings is 1. The standard InChI is InChI=1S/C21H30N2O4/c1-13(24)14-9-18-19(27-12-26-18)10-17(14)23-20(25)11-22-16-8-6-5-7-15(16)21(2,3)4/h9-10,15-16,22H,5-8,11-12H2,1-4H3,(H,23,25). The van der Waals surface area contributed by atoms with Crippen LogP contribution >= 0.6 is 0 Å². The maximum Gasteiger partial charge on any atom is 0.238 e. The number of anilines is 1. The number of fused-ring (bicyclic) bond motifs is 1. The summed E-state index contributed by atoms with van der Waals surface area (Å²) in [5, 5.41) is 6.30. The third-order valence-electron chi connectivity index (χ3n) is 5.57. The van der Waals surface area contributed by atoms with Crippen molar-refractivity contribution in [3.63, 3.8) is 0 Å². The highest BCUT2D eigenvalue weighted by molar-refractivity contribution is 6.05. The van der Waals surface area contributed by atoms with Gasteiger partial charge >= 0.3 is 0 Å². The summed E-state index contributed by atoms with van der Waals surface area (Å²) in [6.07, 6.45) is 4.74. The Morgan fingerprint density at radius 1 is 1.11 bits per heavy atom. The highest BCUT2D eigenvalue weighted by Crippen LogP contribution is 2.38. The minimum Gasteiger partial charge on any atom is -0.454 e. The molecule has 1 saturated carbocycles. The Morgan fingerprint density at radius 2 is 1.78 bits per heavy atom. The lowest BCUT2D eigenvalue weighted by atomic mass is 9.69. The molecule has 2 atom stereocenters. The second-order valence-corrected chi connectivity index (χ2v) is 8.60. The lowest BCUT2D eigenvalue weighted by Crippen LogP contribution is -2.46. The van der Waals surface area contributed by atoms with Crippen molar-refractivity contribution in [1.29, 1.82) is 0 Å². The van der Waals surface area contributed by atoms with Crippen LogP contribution in [0.1, 0.15) is 63.7 Å². The van der Waals surface area contributed by atoms with Gasteiger partial charge in [0.25, 0.3) is 0 Å². The Balaban J connectivity index is 1.65. The summed E-state index contributed by atoms with van der Waals surface area (Å²) in [4.78, 5) is 24.5. The lowest BCUT2D eigenvalue weighted by Gasteiger charge is -2.40. The lowest BCUT2D eigenvalue weighted by molar-refractivity contribution is -0.115. The maximum absolute atomic E-state index is 12.5. The minimum absolute atomic E-state index is 0.126. The van der Waals surface area contributed by atoms with Crippen LogP contribution in [0.25, 0.3) is 0 Å². The topological polar surface area (TPSA) is 76.7 Å². The molecule has 1 amide bonds. The summed E-state index contributed by atoms with van der Waals surface area (Å²) in [5.41, 5.74) is 1.11. The molecule has 1 aliphatic carbocycles. The average Bonchev–Trinajstić information content (AvgIpc) is 3.06. The van der Waals surface area contributed by atoms with Crippen molar-refractivity contribution in [1.82, 2.24) is 5.32 Å². The zero-order chi connectivity index (χ0) is 19.6. The van der Waals surface area contributed by atoms with Crippen LogP contribution in [0.15, 0.2) is 12.1 Å². The molecule has 2 unspecified atom stereocenters. The number of amides is 1. The summed E-state index contributed by atoms with van der Waals surface area (Å²) in [6.45, 7) is 8.63. The summed E-state index contributed by atoms with van der Waals surface area (Å²) >= 11 is 0. The van der Waals surface area contributed by atoms with Crippen molar-refractivity contribution >= 4 is 17.4 Å². The highest BCUT2D eigenvalue weighted by atomic mass is 16.7. The average molecular weight is 374 g/mol. The van der Waals surface area contributed by atoms with E-state index in [9.17, 15) is 9.59 Å².